The van der Waals surface area contributed by atoms with Crippen LogP contribution in [-0.4, -0.2) is 35.9 Å². The average Bonchev–Trinajstić information content (AvgIpc) is 2.95. The molecule has 28 heavy (non-hydrogen) atoms. The molecule has 1 aliphatic rings. The van der Waals surface area contributed by atoms with Crippen LogP contribution in [0.25, 0.3) is 0 Å². The molecule has 7 heteroatoms. The number of carbonyl (C=O) groups is 3. The van der Waals surface area contributed by atoms with E-state index in [0.717, 1.165) is 4.90 Å². The first kappa shape index (κ1) is 19.4. The summed E-state index contributed by atoms with van der Waals surface area (Å²) in [4.78, 5) is 39.0. The van der Waals surface area contributed by atoms with Gasteiger partial charge in [0, 0.05) is 0 Å². The molecule has 0 spiro atoms. The van der Waals surface area contributed by atoms with Crippen molar-refractivity contribution in [2.24, 2.45) is 0 Å². The van der Waals surface area contributed by atoms with E-state index in [0.29, 0.717) is 30.0 Å². The summed E-state index contributed by atoms with van der Waals surface area (Å²) in [6.45, 7) is 3.75. The van der Waals surface area contributed by atoms with E-state index in [1.165, 1.54) is 0 Å². The normalized spacial score (nSPS) is 18.7. The molecule has 1 saturated heterocycles. The third-order valence-electron chi connectivity index (χ3n) is 4.74. The van der Waals surface area contributed by atoms with Crippen molar-refractivity contribution in [1.29, 1.82) is 0 Å². The van der Waals surface area contributed by atoms with Crippen LogP contribution in [0.2, 0.25) is 0 Å². The van der Waals surface area contributed by atoms with Crippen molar-refractivity contribution in [2.45, 2.75) is 25.8 Å². The molecular formula is C21H23N3O4. The number of amides is 4. The standard InChI is InChI=1S/C21H23N3O4/c1-3-21(15-10-6-5-7-11-15)19(26)24(20(27)23-21)14-18(25)22-16-12-8-9-13-17(16)28-4-2/h5-13H,3-4,14H2,1-2H3,(H,22,25)(H,23,27)/t21-/m0/s1. The van der Waals surface area contributed by atoms with E-state index in [4.69, 9.17) is 4.74 Å². The molecule has 0 radical (unpaired) electrons. The summed E-state index contributed by atoms with van der Waals surface area (Å²) in [6, 6.07) is 15.5. The Hall–Kier alpha value is -3.35. The molecule has 146 valence electrons. The van der Waals surface area contributed by atoms with Crippen molar-refractivity contribution in [3.63, 3.8) is 0 Å². The van der Waals surface area contributed by atoms with Crippen molar-refractivity contribution >= 4 is 23.5 Å². The summed E-state index contributed by atoms with van der Waals surface area (Å²) in [6.07, 6.45) is 0.382. The Morgan fingerprint density at radius 1 is 1.07 bits per heavy atom. The predicted octanol–water partition coefficient (Wildman–Crippen LogP) is 2.88. The first-order valence-corrected chi connectivity index (χ1v) is 9.23. The summed E-state index contributed by atoms with van der Waals surface area (Å²) in [7, 11) is 0. The molecule has 7 nitrogen and oxygen atoms in total. The maximum Gasteiger partial charge on any atom is 0.325 e. The lowest BCUT2D eigenvalue weighted by Gasteiger charge is -2.25. The lowest BCUT2D eigenvalue weighted by atomic mass is 9.87. The molecule has 2 aromatic rings. The van der Waals surface area contributed by atoms with Gasteiger partial charge < -0.3 is 15.4 Å². The Bertz CT molecular complexity index is 884. The number of carbonyl (C=O) groups excluding carboxylic acids is 3. The summed E-state index contributed by atoms with van der Waals surface area (Å²) < 4.78 is 5.48. The summed E-state index contributed by atoms with van der Waals surface area (Å²) in [5, 5.41) is 5.48. The Balaban J connectivity index is 1.77. The minimum Gasteiger partial charge on any atom is -0.492 e. The number of imide groups is 1. The van der Waals surface area contributed by atoms with E-state index in [2.05, 4.69) is 10.6 Å². The second kappa shape index (κ2) is 8.12. The third kappa shape index (κ3) is 3.55. The van der Waals surface area contributed by atoms with Crippen LogP contribution in [0.3, 0.4) is 0 Å². The fourth-order valence-electron chi connectivity index (χ4n) is 3.32. The number of rotatable bonds is 7. The molecule has 0 bridgehead atoms. The molecule has 0 saturated carbocycles. The molecule has 0 aromatic heterocycles. The van der Waals surface area contributed by atoms with Gasteiger partial charge in [0.05, 0.1) is 12.3 Å². The van der Waals surface area contributed by atoms with Crippen LogP contribution in [-0.2, 0) is 15.1 Å². The fraction of sp³-hybridized carbons (Fsp3) is 0.286. The number of para-hydroxylation sites is 2. The molecule has 1 heterocycles. The van der Waals surface area contributed by atoms with Crippen molar-refractivity contribution in [3.8, 4) is 5.75 Å². The molecule has 1 aliphatic heterocycles. The second-order valence-corrected chi connectivity index (χ2v) is 6.42. The summed E-state index contributed by atoms with van der Waals surface area (Å²) in [5.74, 6) is -0.377. The largest absolute Gasteiger partial charge is 0.492 e. The molecule has 2 aromatic carbocycles. The van der Waals surface area contributed by atoms with Gasteiger partial charge in [-0.3, -0.25) is 14.5 Å². The maximum atomic E-state index is 13.1. The van der Waals surface area contributed by atoms with Gasteiger partial charge in [-0.05, 0) is 31.0 Å². The van der Waals surface area contributed by atoms with E-state index >= 15 is 0 Å². The molecule has 0 unspecified atom stereocenters. The second-order valence-electron chi connectivity index (χ2n) is 6.42. The summed E-state index contributed by atoms with van der Waals surface area (Å²) in [5.41, 5.74) is 0.0358. The molecule has 1 atom stereocenters. The van der Waals surface area contributed by atoms with Gasteiger partial charge >= 0.3 is 6.03 Å². The monoisotopic (exact) mass is 381 g/mol. The van der Waals surface area contributed by atoms with Crippen LogP contribution in [0.15, 0.2) is 54.6 Å². The topological polar surface area (TPSA) is 87.7 Å². The third-order valence-corrected chi connectivity index (χ3v) is 4.74. The zero-order valence-electron chi connectivity index (χ0n) is 15.9. The van der Waals surface area contributed by atoms with Crippen molar-refractivity contribution in [3.05, 3.63) is 60.2 Å². The van der Waals surface area contributed by atoms with Crippen LogP contribution < -0.4 is 15.4 Å². The highest BCUT2D eigenvalue weighted by Crippen LogP contribution is 2.32. The lowest BCUT2D eigenvalue weighted by molar-refractivity contribution is -0.134. The smallest absolute Gasteiger partial charge is 0.325 e. The Kier molecular flexibility index (Phi) is 5.63. The van der Waals surface area contributed by atoms with Crippen LogP contribution in [0.4, 0.5) is 10.5 Å². The van der Waals surface area contributed by atoms with Gasteiger partial charge in [-0.1, -0.05) is 49.4 Å². The Morgan fingerprint density at radius 3 is 2.43 bits per heavy atom. The van der Waals surface area contributed by atoms with E-state index < -0.39 is 23.4 Å². The highest BCUT2D eigenvalue weighted by atomic mass is 16.5. The molecule has 0 aliphatic carbocycles. The Labute approximate surface area is 163 Å². The van der Waals surface area contributed by atoms with Gasteiger partial charge in [-0.15, -0.1) is 0 Å². The molecule has 1 fully saturated rings. The number of urea groups is 1. The molecule has 4 amide bonds. The first-order valence-electron chi connectivity index (χ1n) is 9.23. The average molecular weight is 381 g/mol. The number of nitrogens with zero attached hydrogens (tertiary/aromatic N) is 1. The SMILES string of the molecule is CCOc1ccccc1NC(=O)CN1C(=O)N[C@@](CC)(c2ccccc2)C1=O. The van der Waals surface area contributed by atoms with E-state index in [-0.39, 0.29) is 6.54 Å². The van der Waals surface area contributed by atoms with E-state index in [1.54, 1.807) is 36.4 Å². The van der Waals surface area contributed by atoms with Gasteiger partial charge in [-0.25, -0.2) is 4.79 Å². The van der Waals surface area contributed by atoms with Gasteiger partial charge in [0.15, 0.2) is 0 Å². The zero-order valence-corrected chi connectivity index (χ0v) is 15.9. The van der Waals surface area contributed by atoms with Crippen molar-refractivity contribution in [1.82, 2.24) is 10.2 Å². The number of hydrogen-bond acceptors (Lipinski definition) is 4. The first-order chi connectivity index (χ1) is 13.5. The minimum atomic E-state index is -1.15. The van der Waals surface area contributed by atoms with E-state index in [9.17, 15) is 14.4 Å². The van der Waals surface area contributed by atoms with Gasteiger partial charge in [0.2, 0.25) is 5.91 Å². The minimum absolute atomic E-state index is 0.375. The van der Waals surface area contributed by atoms with Crippen LogP contribution in [0, 0.1) is 0 Å². The van der Waals surface area contributed by atoms with Crippen LogP contribution in [0.5, 0.6) is 5.75 Å². The molecule has 2 N–H and O–H groups in total. The van der Waals surface area contributed by atoms with Crippen LogP contribution in [0.1, 0.15) is 25.8 Å². The highest BCUT2D eigenvalue weighted by molar-refractivity contribution is 6.10. The maximum absolute atomic E-state index is 13.1. The predicted molar refractivity (Wildman–Crippen MR) is 105 cm³/mol. The number of anilines is 1. The van der Waals surface area contributed by atoms with E-state index in [1.807, 2.05) is 32.0 Å². The van der Waals surface area contributed by atoms with Gasteiger partial charge in [-0.2, -0.15) is 0 Å². The molecular weight excluding hydrogens is 358 g/mol. The fourth-order valence-corrected chi connectivity index (χ4v) is 3.32. The van der Waals surface area contributed by atoms with Gasteiger partial charge in [0.1, 0.15) is 17.8 Å². The van der Waals surface area contributed by atoms with Crippen molar-refractivity contribution < 1.29 is 19.1 Å². The zero-order chi connectivity index (χ0) is 20.1. The lowest BCUT2D eigenvalue weighted by Crippen LogP contribution is -2.44. The molecule has 3 rings (SSSR count). The van der Waals surface area contributed by atoms with Crippen LogP contribution >= 0.6 is 0 Å². The van der Waals surface area contributed by atoms with Crippen molar-refractivity contribution in [2.75, 3.05) is 18.5 Å². The number of ether oxygens (including phenoxy) is 1. The van der Waals surface area contributed by atoms with Gasteiger partial charge in [0.25, 0.3) is 5.91 Å². The highest BCUT2D eigenvalue weighted by Gasteiger charge is 2.51. The summed E-state index contributed by atoms with van der Waals surface area (Å²) >= 11 is 0. The number of hydrogen-bond donors (Lipinski definition) is 2. The Morgan fingerprint density at radius 2 is 1.75 bits per heavy atom. The number of nitrogens with one attached hydrogen (secondary N) is 2. The quantitative estimate of drug-likeness (QED) is 0.722. The number of benzene rings is 2.